The van der Waals surface area contributed by atoms with Gasteiger partial charge in [-0.3, -0.25) is 9.69 Å². The molecule has 1 fully saturated rings. The van der Waals surface area contributed by atoms with Crippen molar-refractivity contribution in [1.82, 2.24) is 9.88 Å². The monoisotopic (exact) mass is 389 g/mol. The SMILES string of the molecule is C[C@@H](C(=O)Nc1ccc2c(c1)CCC2)N1CCC(c2nc3ccccc3o2)CC1. The maximum Gasteiger partial charge on any atom is 0.241 e. The maximum absolute atomic E-state index is 12.8. The summed E-state index contributed by atoms with van der Waals surface area (Å²) in [6.45, 7) is 3.76. The number of carbonyl (C=O) groups is 1. The van der Waals surface area contributed by atoms with Gasteiger partial charge in [0, 0.05) is 11.6 Å². The van der Waals surface area contributed by atoms with E-state index >= 15 is 0 Å². The van der Waals surface area contributed by atoms with E-state index < -0.39 is 0 Å². The lowest BCUT2D eigenvalue weighted by Gasteiger charge is -2.34. The summed E-state index contributed by atoms with van der Waals surface area (Å²) in [6, 6.07) is 14.1. The third kappa shape index (κ3) is 3.67. The van der Waals surface area contributed by atoms with Gasteiger partial charge in [-0.05, 0) is 87.5 Å². The number of piperidine rings is 1. The Morgan fingerprint density at radius 1 is 1.14 bits per heavy atom. The van der Waals surface area contributed by atoms with E-state index in [2.05, 4.69) is 27.3 Å². The van der Waals surface area contributed by atoms with Crippen molar-refractivity contribution in [3.05, 3.63) is 59.5 Å². The number of likely N-dealkylation sites (tertiary alicyclic amines) is 1. The molecule has 0 radical (unpaired) electrons. The lowest BCUT2D eigenvalue weighted by molar-refractivity contribution is -0.121. The van der Waals surface area contributed by atoms with Crippen molar-refractivity contribution in [1.29, 1.82) is 0 Å². The molecule has 1 saturated heterocycles. The van der Waals surface area contributed by atoms with Crippen LogP contribution in [0.2, 0.25) is 0 Å². The first-order chi connectivity index (χ1) is 14.2. The molecule has 5 rings (SSSR count). The van der Waals surface area contributed by atoms with Gasteiger partial charge in [0.15, 0.2) is 11.5 Å². The van der Waals surface area contributed by atoms with E-state index in [1.807, 2.05) is 37.3 Å². The normalized spacial score (nSPS) is 18.7. The standard InChI is InChI=1S/C24H27N3O2/c1-16(23(28)25-20-10-9-17-5-4-6-19(17)15-20)27-13-11-18(12-14-27)24-26-21-7-2-3-8-22(21)29-24/h2-3,7-10,15-16,18H,4-6,11-14H2,1H3,(H,25,28)/t16-/m0/s1. The predicted octanol–water partition coefficient (Wildman–Crippen LogP) is 4.52. The third-order valence-electron chi connectivity index (χ3n) is 6.48. The van der Waals surface area contributed by atoms with Crippen LogP contribution in [0.4, 0.5) is 5.69 Å². The fourth-order valence-corrected chi connectivity index (χ4v) is 4.66. The highest BCUT2D eigenvalue weighted by molar-refractivity contribution is 5.94. The van der Waals surface area contributed by atoms with Crippen molar-refractivity contribution >= 4 is 22.7 Å². The Labute approximate surface area is 171 Å². The smallest absolute Gasteiger partial charge is 0.241 e. The van der Waals surface area contributed by atoms with E-state index in [-0.39, 0.29) is 11.9 Å². The number of aromatic nitrogens is 1. The summed E-state index contributed by atoms with van der Waals surface area (Å²) in [5.74, 6) is 1.23. The number of anilines is 1. The van der Waals surface area contributed by atoms with Gasteiger partial charge in [0.2, 0.25) is 5.91 Å². The Bertz CT molecular complexity index is 1000. The first kappa shape index (κ1) is 18.4. The van der Waals surface area contributed by atoms with Crippen molar-refractivity contribution in [2.45, 2.75) is 51.0 Å². The minimum absolute atomic E-state index is 0.0725. The lowest BCUT2D eigenvalue weighted by Crippen LogP contribution is -2.45. The molecule has 2 aliphatic rings. The van der Waals surface area contributed by atoms with Gasteiger partial charge >= 0.3 is 0 Å². The lowest BCUT2D eigenvalue weighted by atomic mass is 9.95. The van der Waals surface area contributed by atoms with Gasteiger partial charge in [-0.25, -0.2) is 4.98 Å². The molecule has 0 spiro atoms. The Morgan fingerprint density at radius 2 is 1.93 bits per heavy atom. The molecule has 150 valence electrons. The number of benzene rings is 2. The number of fused-ring (bicyclic) bond motifs is 2. The molecule has 5 nitrogen and oxygen atoms in total. The molecular weight excluding hydrogens is 362 g/mol. The molecule has 5 heteroatoms. The second-order valence-corrected chi connectivity index (χ2v) is 8.33. The fraction of sp³-hybridized carbons (Fsp3) is 0.417. The van der Waals surface area contributed by atoms with Crippen molar-refractivity contribution in [2.75, 3.05) is 18.4 Å². The second kappa shape index (κ2) is 7.64. The minimum Gasteiger partial charge on any atom is -0.440 e. The second-order valence-electron chi connectivity index (χ2n) is 8.33. The van der Waals surface area contributed by atoms with E-state index in [9.17, 15) is 4.79 Å². The van der Waals surface area contributed by atoms with Crippen LogP contribution in [0.15, 0.2) is 46.9 Å². The number of carbonyl (C=O) groups excluding carboxylic acids is 1. The summed E-state index contributed by atoms with van der Waals surface area (Å²) < 4.78 is 5.96. The summed E-state index contributed by atoms with van der Waals surface area (Å²) in [7, 11) is 0. The molecule has 1 amide bonds. The van der Waals surface area contributed by atoms with Crippen LogP contribution < -0.4 is 5.32 Å². The van der Waals surface area contributed by atoms with Gasteiger partial charge in [-0.2, -0.15) is 0 Å². The van der Waals surface area contributed by atoms with Crippen LogP contribution in [0.5, 0.6) is 0 Å². The first-order valence-electron chi connectivity index (χ1n) is 10.7. The molecule has 0 bridgehead atoms. The number of rotatable bonds is 4. The van der Waals surface area contributed by atoms with Crippen molar-refractivity contribution in [2.24, 2.45) is 0 Å². The van der Waals surface area contributed by atoms with Gasteiger partial charge in [0.05, 0.1) is 6.04 Å². The zero-order chi connectivity index (χ0) is 19.8. The molecular formula is C24H27N3O2. The van der Waals surface area contributed by atoms with Crippen LogP contribution in [-0.4, -0.2) is 34.9 Å². The number of oxazole rings is 1. The molecule has 1 aliphatic heterocycles. The van der Waals surface area contributed by atoms with Crippen LogP contribution in [-0.2, 0) is 17.6 Å². The molecule has 2 aromatic carbocycles. The number of aryl methyl sites for hydroxylation is 2. The summed E-state index contributed by atoms with van der Waals surface area (Å²) in [5, 5.41) is 3.12. The van der Waals surface area contributed by atoms with Crippen LogP contribution in [0, 0.1) is 0 Å². The van der Waals surface area contributed by atoms with Gasteiger partial charge in [0.25, 0.3) is 0 Å². The highest BCUT2D eigenvalue weighted by Crippen LogP contribution is 2.31. The molecule has 2 heterocycles. The molecule has 1 aromatic heterocycles. The molecule has 1 aliphatic carbocycles. The Balaban J connectivity index is 1.19. The quantitative estimate of drug-likeness (QED) is 0.713. The van der Waals surface area contributed by atoms with Crippen LogP contribution in [0.25, 0.3) is 11.1 Å². The maximum atomic E-state index is 12.8. The van der Waals surface area contributed by atoms with Crippen LogP contribution in [0.1, 0.15) is 49.1 Å². The first-order valence-corrected chi connectivity index (χ1v) is 10.7. The van der Waals surface area contributed by atoms with E-state index in [0.29, 0.717) is 5.92 Å². The van der Waals surface area contributed by atoms with Gasteiger partial charge in [-0.15, -0.1) is 0 Å². The summed E-state index contributed by atoms with van der Waals surface area (Å²) in [5.41, 5.74) is 5.51. The van der Waals surface area contributed by atoms with E-state index in [1.165, 1.54) is 17.5 Å². The Kier molecular flexibility index (Phi) is 4.84. The van der Waals surface area contributed by atoms with Gasteiger partial charge < -0.3 is 9.73 Å². The number of nitrogens with one attached hydrogen (secondary N) is 1. The zero-order valence-electron chi connectivity index (χ0n) is 16.9. The van der Waals surface area contributed by atoms with E-state index in [4.69, 9.17) is 4.42 Å². The molecule has 1 atom stereocenters. The number of para-hydroxylation sites is 2. The summed E-state index contributed by atoms with van der Waals surface area (Å²) in [4.78, 5) is 19.7. The molecule has 3 aromatic rings. The van der Waals surface area contributed by atoms with E-state index in [0.717, 1.165) is 61.5 Å². The van der Waals surface area contributed by atoms with Crippen LogP contribution >= 0.6 is 0 Å². The van der Waals surface area contributed by atoms with Crippen molar-refractivity contribution in [3.8, 4) is 0 Å². The zero-order valence-corrected chi connectivity index (χ0v) is 16.9. The topological polar surface area (TPSA) is 58.4 Å². The highest BCUT2D eigenvalue weighted by Gasteiger charge is 2.29. The van der Waals surface area contributed by atoms with Gasteiger partial charge in [-0.1, -0.05) is 18.2 Å². The summed E-state index contributed by atoms with van der Waals surface area (Å²) in [6.07, 6.45) is 5.43. The number of amides is 1. The van der Waals surface area contributed by atoms with Crippen LogP contribution in [0.3, 0.4) is 0 Å². The number of nitrogens with zero attached hydrogens (tertiary/aromatic N) is 2. The molecule has 0 unspecified atom stereocenters. The predicted molar refractivity (Wildman–Crippen MR) is 114 cm³/mol. The average molecular weight is 389 g/mol. The van der Waals surface area contributed by atoms with Crippen molar-refractivity contribution in [3.63, 3.8) is 0 Å². The molecule has 0 saturated carbocycles. The van der Waals surface area contributed by atoms with Gasteiger partial charge in [0.1, 0.15) is 5.52 Å². The largest absolute Gasteiger partial charge is 0.440 e. The molecule has 29 heavy (non-hydrogen) atoms. The Morgan fingerprint density at radius 3 is 2.76 bits per heavy atom. The fourth-order valence-electron chi connectivity index (χ4n) is 4.66. The number of hydrogen-bond donors (Lipinski definition) is 1. The number of hydrogen-bond acceptors (Lipinski definition) is 4. The third-order valence-corrected chi connectivity index (χ3v) is 6.48. The summed E-state index contributed by atoms with van der Waals surface area (Å²) >= 11 is 0. The average Bonchev–Trinajstić information content (AvgIpc) is 3.39. The molecule has 1 N–H and O–H groups in total. The Hall–Kier alpha value is -2.66. The minimum atomic E-state index is -0.146. The van der Waals surface area contributed by atoms with E-state index in [1.54, 1.807) is 0 Å². The van der Waals surface area contributed by atoms with Crippen molar-refractivity contribution < 1.29 is 9.21 Å². The highest BCUT2D eigenvalue weighted by atomic mass is 16.3.